The Morgan fingerprint density at radius 1 is 1.32 bits per heavy atom. The summed E-state index contributed by atoms with van der Waals surface area (Å²) in [6.45, 7) is 13.4. The van der Waals surface area contributed by atoms with E-state index in [1.807, 2.05) is 18.3 Å². The molecule has 2 heterocycles. The lowest BCUT2D eigenvalue weighted by Crippen LogP contribution is -2.57. The van der Waals surface area contributed by atoms with Crippen molar-refractivity contribution < 1.29 is 4.43 Å². The Morgan fingerprint density at radius 2 is 1.95 bits per heavy atom. The first-order chi connectivity index (χ1) is 8.69. The van der Waals surface area contributed by atoms with Gasteiger partial charge in [0.1, 0.15) is 5.82 Å². The summed E-state index contributed by atoms with van der Waals surface area (Å²) in [5, 5.41) is 0.274. The average Bonchev–Trinajstić information content (AvgIpc) is 2.23. The van der Waals surface area contributed by atoms with Gasteiger partial charge in [0.15, 0.2) is 0 Å². The topological polar surface area (TPSA) is 51.4 Å². The Morgan fingerprint density at radius 3 is 2.42 bits per heavy atom. The summed E-state index contributed by atoms with van der Waals surface area (Å²) in [6, 6.07) is 3.86. The molecule has 1 aliphatic heterocycles. The first-order valence-corrected chi connectivity index (χ1v) is 9.74. The van der Waals surface area contributed by atoms with Crippen molar-refractivity contribution in [3.05, 3.63) is 18.3 Å². The molecule has 1 aliphatic rings. The second-order valence-corrected chi connectivity index (χ2v) is 11.6. The van der Waals surface area contributed by atoms with E-state index in [0.29, 0.717) is 11.9 Å². The normalized spacial score (nSPS) is 17.4. The maximum Gasteiger partial charge on any atom is 0.123 e. The van der Waals surface area contributed by atoms with Crippen LogP contribution in [0.25, 0.3) is 0 Å². The lowest BCUT2D eigenvalue weighted by atomic mass is 10.1. The highest BCUT2D eigenvalue weighted by molar-refractivity contribution is 6.74. The molecule has 5 heteroatoms. The number of hydrogen-bond acceptors (Lipinski definition) is 4. The molecule has 0 bridgehead atoms. The zero-order chi connectivity index (χ0) is 14.3. The first kappa shape index (κ1) is 14.3. The maximum atomic E-state index is 6.37. The van der Waals surface area contributed by atoms with Crippen LogP contribution in [0.5, 0.6) is 0 Å². The molecule has 2 rings (SSSR count). The van der Waals surface area contributed by atoms with E-state index in [1.165, 1.54) is 0 Å². The van der Waals surface area contributed by atoms with Crippen LogP contribution in [0.3, 0.4) is 0 Å². The lowest BCUT2D eigenvalue weighted by molar-refractivity contribution is 0.149. The van der Waals surface area contributed by atoms with Crippen LogP contribution in [0.15, 0.2) is 18.3 Å². The Bertz CT molecular complexity index is 433. The van der Waals surface area contributed by atoms with Crippen molar-refractivity contribution in [1.82, 2.24) is 4.98 Å². The molecule has 2 N–H and O–H groups in total. The Hall–Kier alpha value is -1.07. The molecule has 0 amide bonds. The molecular weight excluding hydrogens is 254 g/mol. The molecule has 1 saturated heterocycles. The zero-order valence-corrected chi connectivity index (χ0v) is 13.6. The van der Waals surface area contributed by atoms with Gasteiger partial charge in [0, 0.05) is 13.1 Å². The van der Waals surface area contributed by atoms with Crippen LogP contribution in [0.2, 0.25) is 18.1 Å². The second-order valence-electron chi connectivity index (χ2n) is 6.85. The third-order valence-corrected chi connectivity index (χ3v) is 8.79. The number of nitrogens with zero attached hydrogens (tertiary/aromatic N) is 2. The van der Waals surface area contributed by atoms with Crippen molar-refractivity contribution in [3.63, 3.8) is 0 Å². The Balaban J connectivity index is 1.89. The van der Waals surface area contributed by atoms with Crippen LogP contribution in [0.1, 0.15) is 20.8 Å². The summed E-state index contributed by atoms with van der Waals surface area (Å²) in [6.07, 6.45) is 2.19. The fraction of sp³-hybridized carbons (Fsp3) is 0.643. The summed E-state index contributed by atoms with van der Waals surface area (Å²) in [7, 11) is -1.64. The number of rotatable bonds is 3. The minimum Gasteiger partial charge on any atom is -0.560 e. The second kappa shape index (κ2) is 4.79. The number of nitrogens with two attached hydrogens (primary N) is 1. The molecule has 0 aliphatic carbocycles. The number of nitrogen functional groups attached to an aromatic ring is 1. The number of hydrogen-bond donors (Lipinski definition) is 1. The van der Waals surface area contributed by atoms with Crippen LogP contribution in [0, 0.1) is 0 Å². The predicted molar refractivity (Wildman–Crippen MR) is 82.9 cm³/mol. The molecule has 1 aromatic rings. The van der Waals surface area contributed by atoms with Gasteiger partial charge in [-0.3, -0.25) is 0 Å². The monoisotopic (exact) mass is 279 g/mol. The highest BCUT2D eigenvalue weighted by atomic mass is 28.4. The molecular formula is C14H25N3OSi-. The molecule has 4 nitrogen and oxygen atoms in total. The average molecular weight is 279 g/mol. The lowest BCUT2D eigenvalue weighted by Gasteiger charge is -2.55. The van der Waals surface area contributed by atoms with Crippen molar-refractivity contribution in [3.8, 4) is 0 Å². The largest absolute Gasteiger partial charge is 0.560 e. The van der Waals surface area contributed by atoms with Gasteiger partial charge in [-0.05, 0) is 20.5 Å². The Kier molecular flexibility index (Phi) is 3.62. The third kappa shape index (κ3) is 3.09. The standard InChI is InChI=1S/C14H25N3OSi/c1-14(2,3)19(4,5)18-12-9-17(10-12)11-6-7-13(15)16-8-11/h6-8,12H,9-10H2,1-5H3,(H2,15,16)/q-1. The van der Waals surface area contributed by atoms with E-state index in [0.717, 1.165) is 18.8 Å². The third-order valence-electron chi connectivity index (χ3n) is 4.25. The molecule has 0 radical (unpaired) electrons. The van der Waals surface area contributed by atoms with E-state index < -0.39 is 8.32 Å². The van der Waals surface area contributed by atoms with Crippen molar-refractivity contribution in [2.24, 2.45) is 0 Å². The van der Waals surface area contributed by atoms with Gasteiger partial charge in [-0.15, -0.1) is 18.1 Å². The number of pyridine rings is 1. The minimum absolute atomic E-state index is 0.274. The summed E-state index contributed by atoms with van der Waals surface area (Å²) in [5.74, 6) is 0.568. The van der Waals surface area contributed by atoms with E-state index in [2.05, 4.69) is 43.7 Å². The molecule has 19 heavy (non-hydrogen) atoms. The fourth-order valence-corrected chi connectivity index (χ4v) is 3.24. The van der Waals surface area contributed by atoms with Crippen LogP contribution in [0.4, 0.5) is 11.5 Å². The van der Waals surface area contributed by atoms with E-state index in [4.69, 9.17) is 10.2 Å². The van der Waals surface area contributed by atoms with Gasteiger partial charge in [0.05, 0.1) is 18.0 Å². The molecule has 0 atom stereocenters. The van der Waals surface area contributed by atoms with Crippen molar-refractivity contribution in [2.45, 2.75) is 45.0 Å². The first-order valence-electron chi connectivity index (χ1n) is 6.83. The highest BCUT2D eigenvalue weighted by Gasteiger charge is 2.33. The van der Waals surface area contributed by atoms with Gasteiger partial charge in [-0.25, -0.2) is 4.98 Å². The Labute approximate surface area is 117 Å². The summed E-state index contributed by atoms with van der Waals surface area (Å²) in [5.41, 5.74) is 6.72. The van der Waals surface area contributed by atoms with Crippen molar-refractivity contribution >= 4 is 19.8 Å². The maximum absolute atomic E-state index is 6.37. The van der Waals surface area contributed by atoms with Gasteiger partial charge in [-0.1, -0.05) is 20.8 Å². The zero-order valence-electron chi connectivity index (χ0n) is 12.6. The van der Waals surface area contributed by atoms with Gasteiger partial charge < -0.3 is 15.1 Å². The van der Waals surface area contributed by atoms with Crippen molar-refractivity contribution in [2.75, 3.05) is 23.7 Å². The molecule has 0 saturated carbocycles. The molecule has 107 valence electrons. The molecule has 0 unspecified atom stereocenters. The summed E-state index contributed by atoms with van der Waals surface area (Å²) in [4.78, 5) is 6.41. The van der Waals surface area contributed by atoms with E-state index >= 15 is 0 Å². The molecule has 0 spiro atoms. The predicted octanol–water partition coefficient (Wildman–Crippen LogP) is 2.87. The van der Waals surface area contributed by atoms with E-state index in [-0.39, 0.29) is 5.04 Å². The highest BCUT2D eigenvalue weighted by Crippen LogP contribution is 2.38. The number of aromatic nitrogens is 1. The van der Waals surface area contributed by atoms with E-state index in [9.17, 15) is 0 Å². The van der Waals surface area contributed by atoms with Crippen molar-refractivity contribution in [1.29, 1.82) is 0 Å². The van der Waals surface area contributed by atoms with E-state index in [1.54, 1.807) is 0 Å². The van der Waals surface area contributed by atoms with Gasteiger partial charge in [0.25, 0.3) is 0 Å². The minimum atomic E-state index is -1.64. The van der Waals surface area contributed by atoms with Crippen LogP contribution < -0.4 is 10.6 Å². The number of anilines is 2. The van der Waals surface area contributed by atoms with Crippen LogP contribution in [-0.4, -0.2) is 32.5 Å². The SMILES string of the molecule is CC(C)(C)[Si-](C)(C)OC1CN(c2ccc(N)nc2)C1. The smallest absolute Gasteiger partial charge is 0.123 e. The molecule has 1 aromatic heterocycles. The molecule has 1 fully saturated rings. The molecule has 0 aromatic carbocycles. The van der Waals surface area contributed by atoms with Gasteiger partial charge in [0.2, 0.25) is 0 Å². The van der Waals surface area contributed by atoms with Gasteiger partial charge >= 0.3 is 0 Å². The fourth-order valence-electron chi connectivity index (χ4n) is 1.90. The summed E-state index contributed by atoms with van der Waals surface area (Å²) >= 11 is 0. The summed E-state index contributed by atoms with van der Waals surface area (Å²) < 4.78 is 6.37. The quantitative estimate of drug-likeness (QED) is 0.864. The van der Waals surface area contributed by atoms with Gasteiger partial charge in [-0.2, -0.15) is 0 Å². The van der Waals surface area contributed by atoms with Crippen LogP contribution in [-0.2, 0) is 4.43 Å². The van der Waals surface area contributed by atoms with Crippen LogP contribution >= 0.6 is 0 Å².